The molecule has 0 bridgehead atoms. The van der Waals surface area contributed by atoms with Gasteiger partial charge in [-0.15, -0.1) is 0 Å². The first-order valence-electron chi connectivity index (χ1n) is 6.33. The van der Waals surface area contributed by atoms with Crippen LogP contribution in [-0.2, 0) is 0 Å². The van der Waals surface area contributed by atoms with Crippen LogP contribution in [0.15, 0.2) is 39.5 Å². The van der Waals surface area contributed by atoms with Crippen molar-refractivity contribution < 1.29 is 13.9 Å². The van der Waals surface area contributed by atoms with Gasteiger partial charge < -0.3 is 13.9 Å². The molecule has 0 aliphatic heterocycles. The maximum atomic E-state index is 11.1. The molecule has 2 aromatic rings. The number of rotatable bonds is 4. The molecule has 1 aromatic carbocycles. The smallest absolute Gasteiger partial charge is 0.339 e. The zero-order valence-electron chi connectivity index (χ0n) is 11.7. The van der Waals surface area contributed by atoms with Crippen molar-refractivity contribution in [2.75, 3.05) is 13.2 Å². The number of benzene rings is 1. The molecule has 6 heteroatoms. The third-order valence-electron chi connectivity index (χ3n) is 2.50. The Labute approximate surface area is 137 Å². The first kappa shape index (κ1) is 16.3. The van der Waals surface area contributed by atoms with Crippen molar-refractivity contribution >= 4 is 23.2 Å². The summed E-state index contributed by atoms with van der Waals surface area (Å²) in [6, 6.07) is 7.83. The summed E-state index contributed by atoms with van der Waals surface area (Å²) in [5, 5.41) is 0.969. The lowest BCUT2D eigenvalue weighted by molar-refractivity contribution is 0.355. The predicted octanol–water partition coefficient (Wildman–Crippen LogP) is 3.72. The predicted molar refractivity (Wildman–Crippen MR) is 84.9 cm³/mol. The summed E-state index contributed by atoms with van der Waals surface area (Å²) in [5.41, 5.74) is -0.455. The molecular formula is C16H12Cl2O4. The summed E-state index contributed by atoms with van der Waals surface area (Å²) >= 11 is 11.7. The fourth-order valence-corrected chi connectivity index (χ4v) is 2.05. The molecule has 0 unspecified atom stereocenters. The second kappa shape index (κ2) is 7.79. The molecule has 4 nitrogen and oxygen atoms in total. The van der Waals surface area contributed by atoms with E-state index in [2.05, 4.69) is 11.8 Å². The van der Waals surface area contributed by atoms with Gasteiger partial charge in [0.25, 0.3) is 0 Å². The Morgan fingerprint density at radius 3 is 2.50 bits per heavy atom. The molecule has 0 N–H and O–H groups in total. The van der Waals surface area contributed by atoms with Crippen LogP contribution in [0, 0.1) is 18.8 Å². The molecule has 1 aromatic heterocycles. The molecule has 0 saturated heterocycles. The molecule has 1 heterocycles. The average Bonchev–Trinajstić information content (AvgIpc) is 2.43. The molecule has 0 saturated carbocycles. The van der Waals surface area contributed by atoms with Gasteiger partial charge in [-0.1, -0.05) is 35.0 Å². The van der Waals surface area contributed by atoms with Crippen molar-refractivity contribution in [3.63, 3.8) is 0 Å². The maximum absolute atomic E-state index is 11.1. The SMILES string of the molecule is Cc1cc(OCC#CCOc2ccc(Cl)cc2Cl)cc(=O)o1. The van der Waals surface area contributed by atoms with Crippen LogP contribution < -0.4 is 15.1 Å². The van der Waals surface area contributed by atoms with Gasteiger partial charge in [0, 0.05) is 11.1 Å². The van der Waals surface area contributed by atoms with Gasteiger partial charge in [-0.25, -0.2) is 4.79 Å². The van der Waals surface area contributed by atoms with Crippen molar-refractivity contribution in [2.45, 2.75) is 6.92 Å². The Bertz CT molecular complexity index is 772. The van der Waals surface area contributed by atoms with Crippen molar-refractivity contribution in [1.29, 1.82) is 0 Å². The molecule has 22 heavy (non-hydrogen) atoms. The first-order valence-corrected chi connectivity index (χ1v) is 7.08. The Balaban J connectivity index is 1.81. The van der Waals surface area contributed by atoms with Crippen molar-refractivity contribution in [2.24, 2.45) is 0 Å². The topological polar surface area (TPSA) is 48.7 Å². The van der Waals surface area contributed by atoms with E-state index in [0.29, 0.717) is 27.3 Å². The van der Waals surface area contributed by atoms with E-state index in [1.165, 1.54) is 6.07 Å². The summed E-state index contributed by atoms with van der Waals surface area (Å²) in [6.07, 6.45) is 0. The Morgan fingerprint density at radius 2 is 1.82 bits per heavy atom. The van der Waals surface area contributed by atoms with Gasteiger partial charge in [0.15, 0.2) is 0 Å². The largest absolute Gasteiger partial charge is 0.481 e. The van der Waals surface area contributed by atoms with Crippen LogP contribution in [0.2, 0.25) is 10.0 Å². The van der Waals surface area contributed by atoms with Crippen LogP contribution in [0.4, 0.5) is 0 Å². The van der Waals surface area contributed by atoms with E-state index in [9.17, 15) is 4.79 Å². The summed E-state index contributed by atoms with van der Waals surface area (Å²) < 4.78 is 15.5. The van der Waals surface area contributed by atoms with E-state index in [1.807, 2.05) is 0 Å². The monoisotopic (exact) mass is 338 g/mol. The van der Waals surface area contributed by atoms with Crippen molar-refractivity contribution in [3.05, 3.63) is 56.6 Å². The third kappa shape index (κ3) is 5.03. The number of hydrogen-bond donors (Lipinski definition) is 0. The Morgan fingerprint density at radius 1 is 1.09 bits per heavy atom. The molecule has 0 aliphatic carbocycles. The minimum atomic E-state index is -0.455. The minimum Gasteiger partial charge on any atom is -0.481 e. The molecule has 114 valence electrons. The van der Waals surface area contributed by atoms with Gasteiger partial charge in [0.05, 0.1) is 11.1 Å². The second-order valence-electron chi connectivity index (χ2n) is 4.23. The van der Waals surface area contributed by atoms with E-state index < -0.39 is 5.63 Å². The standard InChI is InChI=1S/C16H12Cl2O4/c1-11-8-13(10-16(19)22-11)20-6-2-3-7-21-15-5-4-12(17)9-14(15)18/h4-5,8-10H,6-7H2,1H3. The summed E-state index contributed by atoms with van der Waals surface area (Å²) in [5.74, 6) is 6.97. The molecule has 0 spiro atoms. The highest BCUT2D eigenvalue weighted by Crippen LogP contribution is 2.27. The van der Waals surface area contributed by atoms with E-state index in [4.69, 9.17) is 37.1 Å². The van der Waals surface area contributed by atoms with Crippen molar-refractivity contribution in [1.82, 2.24) is 0 Å². The molecule has 0 radical (unpaired) electrons. The zero-order valence-corrected chi connectivity index (χ0v) is 13.2. The summed E-state index contributed by atoms with van der Waals surface area (Å²) in [4.78, 5) is 11.1. The maximum Gasteiger partial charge on any atom is 0.339 e. The van der Waals surface area contributed by atoms with Crippen LogP contribution in [0.3, 0.4) is 0 Å². The van der Waals surface area contributed by atoms with Crippen LogP contribution in [0.5, 0.6) is 11.5 Å². The van der Waals surface area contributed by atoms with Crippen LogP contribution in [-0.4, -0.2) is 13.2 Å². The second-order valence-corrected chi connectivity index (χ2v) is 5.07. The average molecular weight is 339 g/mol. The minimum absolute atomic E-state index is 0.139. The van der Waals surface area contributed by atoms with Crippen molar-refractivity contribution in [3.8, 4) is 23.3 Å². The van der Waals surface area contributed by atoms with E-state index in [1.54, 1.807) is 31.2 Å². The lowest BCUT2D eigenvalue weighted by atomic mass is 10.3. The van der Waals surface area contributed by atoms with Gasteiger partial charge in [-0.3, -0.25) is 0 Å². The summed E-state index contributed by atoms with van der Waals surface area (Å²) in [6.45, 7) is 1.98. The third-order valence-corrected chi connectivity index (χ3v) is 3.03. The number of aryl methyl sites for hydroxylation is 1. The Hall–Kier alpha value is -2.09. The Kier molecular flexibility index (Phi) is 5.76. The highest BCUT2D eigenvalue weighted by Gasteiger charge is 2.01. The van der Waals surface area contributed by atoms with Gasteiger partial charge >= 0.3 is 5.63 Å². The van der Waals surface area contributed by atoms with E-state index in [0.717, 1.165) is 0 Å². The highest BCUT2D eigenvalue weighted by atomic mass is 35.5. The van der Waals surface area contributed by atoms with Crippen LogP contribution in [0.1, 0.15) is 5.76 Å². The highest BCUT2D eigenvalue weighted by molar-refractivity contribution is 6.35. The number of ether oxygens (including phenoxy) is 2. The normalized spacial score (nSPS) is 9.77. The number of hydrogen-bond acceptors (Lipinski definition) is 4. The molecule has 2 rings (SSSR count). The number of halogens is 2. The van der Waals surface area contributed by atoms with E-state index in [-0.39, 0.29) is 13.2 Å². The summed E-state index contributed by atoms with van der Waals surface area (Å²) in [7, 11) is 0. The van der Waals surface area contributed by atoms with Gasteiger partial charge in [0.2, 0.25) is 0 Å². The lowest BCUT2D eigenvalue weighted by Gasteiger charge is -2.04. The quantitative estimate of drug-likeness (QED) is 0.797. The van der Waals surface area contributed by atoms with Gasteiger partial charge in [-0.05, 0) is 25.1 Å². The van der Waals surface area contributed by atoms with Gasteiger partial charge in [0.1, 0.15) is 30.5 Å². The van der Waals surface area contributed by atoms with Gasteiger partial charge in [-0.2, -0.15) is 0 Å². The zero-order chi connectivity index (χ0) is 15.9. The van der Waals surface area contributed by atoms with Crippen LogP contribution in [0.25, 0.3) is 0 Å². The van der Waals surface area contributed by atoms with Crippen LogP contribution >= 0.6 is 23.2 Å². The molecular weight excluding hydrogens is 327 g/mol. The fraction of sp³-hybridized carbons (Fsp3) is 0.188. The fourth-order valence-electron chi connectivity index (χ4n) is 1.59. The molecule has 0 atom stereocenters. The molecule has 0 fully saturated rings. The molecule has 0 aliphatic rings. The lowest BCUT2D eigenvalue weighted by Crippen LogP contribution is -2.02. The first-order chi connectivity index (χ1) is 10.5. The molecule has 0 amide bonds. The van der Waals surface area contributed by atoms with E-state index >= 15 is 0 Å².